The van der Waals surface area contributed by atoms with Gasteiger partial charge in [-0.05, 0) is 0 Å². The Labute approximate surface area is 58.6 Å². The van der Waals surface area contributed by atoms with Gasteiger partial charge < -0.3 is 0 Å². The highest BCUT2D eigenvalue weighted by molar-refractivity contribution is 7.95. The molecule has 0 unspecified atom stereocenters. The normalized spacial score (nSPS) is 14.2. The van der Waals surface area contributed by atoms with Crippen LogP contribution in [0, 0.1) is 0 Å². The van der Waals surface area contributed by atoms with Crippen molar-refractivity contribution in [3.05, 3.63) is 10.8 Å². The van der Waals surface area contributed by atoms with Crippen LogP contribution >= 0.6 is 0 Å². The van der Waals surface area contributed by atoms with E-state index in [4.69, 9.17) is 0 Å². The molecule has 0 aromatic carbocycles. The second kappa shape index (κ2) is 2.66. The van der Waals surface area contributed by atoms with E-state index < -0.39 is 20.0 Å². The smallest absolute Gasteiger partial charge is 0.225 e. The quantitative estimate of drug-likeness (QED) is 0.519. The van der Waals surface area contributed by atoms with Gasteiger partial charge in [0.25, 0.3) is 0 Å². The molecular formula is C2H6N2O4S2. The van der Waals surface area contributed by atoms with Crippen LogP contribution in [0.15, 0.2) is 10.8 Å². The predicted molar refractivity (Wildman–Crippen MR) is 35.4 cm³/mol. The number of hydrogen-bond acceptors (Lipinski definition) is 4. The number of primary sulfonamides is 2. The largest absolute Gasteiger partial charge is 0.231 e. The molecule has 0 rings (SSSR count). The zero-order chi connectivity index (χ0) is 8.41. The topological polar surface area (TPSA) is 120 Å². The molecule has 0 saturated heterocycles. The van der Waals surface area contributed by atoms with E-state index in [-0.39, 0.29) is 0 Å². The van der Waals surface area contributed by atoms with Crippen molar-refractivity contribution in [2.75, 3.05) is 0 Å². The van der Waals surface area contributed by atoms with Gasteiger partial charge >= 0.3 is 0 Å². The summed E-state index contributed by atoms with van der Waals surface area (Å²) in [5.41, 5.74) is 0. The fourth-order valence-electron chi connectivity index (χ4n) is 0.155. The van der Waals surface area contributed by atoms with Crippen LogP contribution in [0.1, 0.15) is 0 Å². The van der Waals surface area contributed by atoms with Crippen LogP contribution in [-0.4, -0.2) is 16.8 Å². The summed E-state index contributed by atoms with van der Waals surface area (Å²) in [6, 6.07) is 0. The fourth-order valence-corrected chi connectivity index (χ4v) is 1.39. The first kappa shape index (κ1) is 9.56. The van der Waals surface area contributed by atoms with Gasteiger partial charge in [0.1, 0.15) is 0 Å². The lowest BCUT2D eigenvalue weighted by atomic mass is 11.3. The van der Waals surface area contributed by atoms with E-state index in [0.29, 0.717) is 10.8 Å². The SMILES string of the molecule is NS(=O)(=O)C=CS(N)(=O)=O. The molecule has 0 aliphatic rings. The molecule has 0 aliphatic heterocycles. The van der Waals surface area contributed by atoms with Crippen LogP contribution in [0.25, 0.3) is 0 Å². The summed E-state index contributed by atoms with van der Waals surface area (Å²) in [6.45, 7) is 0. The lowest BCUT2D eigenvalue weighted by molar-refractivity contribution is 0.602. The summed E-state index contributed by atoms with van der Waals surface area (Å²) in [5, 5.41) is 9.43. The molecule has 8 heteroatoms. The van der Waals surface area contributed by atoms with Gasteiger partial charge in [0.05, 0.1) is 10.8 Å². The number of hydrogen-bond donors (Lipinski definition) is 2. The van der Waals surface area contributed by atoms with Crippen LogP contribution in [0.5, 0.6) is 0 Å². The minimum atomic E-state index is -3.90. The first-order chi connectivity index (χ1) is 4.21. The second-order valence-electron chi connectivity index (χ2n) is 1.45. The molecule has 0 fully saturated rings. The molecular weight excluding hydrogens is 180 g/mol. The molecule has 60 valence electrons. The molecule has 0 aliphatic carbocycles. The van der Waals surface area contributed by atoms with Crippen LogP contribution in [0.4, 0.5) is 0 Å². The van der Waals surface area contributed by atoms with Gasteiger partial charge in [-0.1, -0.05) is 0 Å². The molecule has 0 amide bonds. The zero-order valence-corrected chi connectivity index (χ0v) is 6.39. The Morgan fingerprint density at radius 3 is 1.10 bits per heavy atom. The van der Waals surface area contributed by atoms with Crippen molar-refractivity contribution in [1.29, 1.82) is 0 Å². The highest BCUT2D eigenvalue weighted by Gasteiger charge is 1.98. The number of rotatable bonds is 2. The monoisotopic (exact) mass is 186 g/mol. The van der Waals surface area contributed by atoms with Crippen LogP contribution < -0.4 is 10.3 Å². The molecule has 0 heterocycles. The Kier molecular flexibility index (Phi) is 2.54. The van der Waals surface area contributed by atoms with E-state index in [2.05, 4.69) is 10.3 Å². The third-order valence-electron chi connectivity index (χ3n) is 0.435. The molecule has 0 saturated carbocycles. The molecule has 0 bridgehead atoms. The second-order valence-corrected chi connectivity index (χ2v) is 4.35. The zero-order valence-electron chi connectivity index (χ0n) is 4.76. The molecule has 0 spiro atoms. The summed E-state index contributed by atoms with van der Waals surface area (Å²) in [4.78, 5) is 0. The minimum absolute atomic E-state index is 0.308. The Balaban J connectivity index is 4.64. The third kappa shape index (κ3) is 7.56. The molecule has 4 N–H and O–H groups in total. The molecule has 0 atom stereocenters. The first-order valence-electron chi connectivity index (χ1n) is 1.94. The van der Waals surface area contributed by atoms with Crippen molar-refractivity contribution in [2.24, 2.45) is 10.3 Å². The fraction of sp³-hybridized carbons (Fsp3) is 0. The van der Waals surface area contributed by atoms with Gasteiger partial charge in [-0.3, -0.25) is 0 Å². The minimum Gasteiger partial charge on any atom is -0.225 e. The van der Waals surface area contributed by atoms with Gasteiger partial charge in [0.2, 0.25) is 20.0 Å². The molecule has 0 radical (unpaired) electrons. The van der Waals surface area contributed by atoms with Gasteiger partial charge in [-0.15, -0.1) is 0 Å². The van der Waals surface area contributed by atoms with Crippen molar-refractivity contribution in [2.45, 2.75) is 0 Å². The van der Waals surface area contributed by atoms with Gasteiger partial charge in [-0.25, -0.2) is 27.1 Å². The predicted octanol–water partition coefficient (Wildman–Crippen LogP) is -1.97. The average molecular weight is 186 g/mol. The average Bonchev–Trinajstić information content (AvgIpc) is 1.57. The maximum absolute atomic E-state index is 10.0. The molecule has 0 aromatic heterocycles. The molecule has 10 heavy (non-hydrogen) atoms. The van der Waals surface area contributed by atoms with Gasteiger partial charge in [-0.2, -0.15) is 0 Å². The summed E-state index contributed by atoms with van der Waals surface area (Å²) in [5.74, 6) is 0. The standard InChI is InChI=1S/C2H6N2O4S2/c3-9(5,6)1-2-10(4,7)8/h1-2H,(H2,3,5,6)(H2,4,7,8). The van der Waals surface area contributed by atoms with Crippen LogP contribution in [0.2, 0.25) is 0 Å². The number of sulfonamides is 2. The van der Waals surface area contributed by atoms with Crippen LogP contribution in [0.3, 0.4) is 0 Å². The van der Waals surface area contributed by atoms with Gasteiger partial charge in [0, 0.05) is 0 Å². The highest BCUT2D eigenvalue weighted by atomic mass is 32.2. The Morgan fingerprint density at radius 2 is 1.00 bits per heavy atom. The van der Waals surface area contributed by atoms with E-state index in [1.165, 1.54) is 0 Å². The maximum Gasteiger partial charge on any atom is 0.231 e. The lowest BCUT2D eigenvalue weighted by Gasteiger charge is -1.84. The van der Waals surface area contributed by atoms with E-state index in [9.17, 15) is 16.8 Å². The van der Waals surface area contributed by atoms with E-state index >= 15 is 0 Å². The first-order valence-corrected chi connectivity index (χ1v) is 5.16. The highest BCUT2D eigenvalue weighted by Crippen LogP contribution is 1.84. The summed E-state index contributed by atoms with van der Waals surface area (Å²) >= 11 is 0. The van der Waals surface area contributed by atoms with E-state index in [1.807, 2.05) is 0 Å². The van der Waals surface area contributed by atoms with E-state index in [0.717, 1.165) is 0 Å². The van der Waals surface area contributed by atoms with Crippen molar-refractivity contribution in [1.82, 2.24) is 0 Å². The van der Waals surface area contributed by atoms with Crippen molar-refractivity contribution in [3.8, 4) is 0 Å². The Hall–Kier alpha value is -0.440. The van der Waals surface area contributed by atoms with Crippen molar-refractivity contribution in [3.63, 3.8) is 0 Å². The Bertz CT molecular complexity index is 288. The summed E-state index contributed by atoms with van der Waals surface area (Å²) in [7, 11) is -7.79. The summed E-state index contributed by atoms with van der Waals surface area (Å²) < 4.78 is 40.2. The summed E-state index contributed by atoms with van der Waals surface area (Å²) in [6.07, 6.45) is 0. The molecule has 0 aromatic rings. The van der Waals surface area contributed by atoms with E-state index in [1.54, 1.807) is 0 Å². The molecule has 6 nitrogen and oxygen atoms in total. The van der Waals surface area contributed by atoms with Crippen molar-refractivity contribution >= 4 is 20.0 Å². The van der Waals surface area contributed by atoms with Crippen molar-refractivity contribution < 1.29 is 16.8 Å². The Morgan fingerprint density at radius 1 is 0.800 bits per heavy atom. The van der Waals surface area contributed by atoms with Gasteiger partial charge in [0.15, 0.2) is 0 Å². The lowest BCUT2D eigenvalue weighted by Crippen LogP contribution is -2.11. The maximum atomic E-state index is 10.0. The number of nitrogens with two attached hydrogens (primary N) is 2. The third-order valence-corrected chi connectivity index (χ3v) is 1.64. The van der Waals surface area contributed by atoms with Crippen LogP contribution in [-0.2, 0) is 20.0 Å².